The monoisotopic (exact) mass is 358 g/mol. The minimum atomic E-state index is 0.0583. The molecule has 2 amide bonds. The van der Waals surface area contributed by atoms with E-state index in [0.29, 0.717) is 24.9 Å². The van der Waals surface area contributed by atoms with Crippen molar-refractivity contribution in [1.29, 1.82) is 0 Å². The molecule has 4 aliphatic rings. The van der Waals surface area contributed by atoms with Gasteiger partial charge in [-0.2, -0.15) is 0 Å². The Morgan fingerprint density at radius 2 is 1.54 bits per heavy atom. The molecule has 0 bridgehead atoms. The molecule has 1 aliphatic heterocycles. The lowest BCUT2D eigenvalue weighted by atomic mass is 9.75. The van der Waals surface area contributed by atoms with Gasteiger partial charge in [-0.05, 0) is 70.1 Å². The number of carbonyl (C=O) groups is 2. The zero-order chi connectivity index (χ0) is 17.9. The van der Waals surface area contributed by atoms with Crippen LogP contribution >= 0.6 is 0 Å². The molecule has 0 radical (unpaired) electrons. The van der Waals surface area contributed by atoms with Crippen molar-refractivity contribution in [3.05, 3.63) is 11.6 Å². The number of rotatable bonds is 4. The Hall–Kier alpha value is -1.16. The van der Waals surface area contributed by atoms with E-state index in [1.54, 1.807) is 10.5 Å². The fraction of sp³-hybridized carbons (Fsp3) is 0.818. The smallest absolute Gasteiger partial charge is 0.229 e. The third-order valence-electron chi connectivity index (χ3n) is 7.17. The number of hydrogen-bond donors (Lipinski definition) is 1. The van der Waals surface area contributed by atoms with Crippen LogP contribution < -0.4 is 5.32 Å². The highest BCUT2D eigenvalue weighted by Gasteiger charge is 2.38. The van der Waals surface area contributed by atoms with E-state index in [9.17, 15) is 9.59 Å². The molecule has 0 unspecified atom stereocenters. The highest BCUT2D eigenvalue weighted by atomic mass is 16.2. The van der Waals surface area contributed by atoms with E-state index >= 15 is 0 Å². The lowest BCUT2D eigenvalue weighted by Gasteiger charge is -2.40. The largest absolute Gasteiger partial charge is 0.311 e. The van der Waals surface area contributed by atoms with E-state index in [4.69, 9.17) is 0 Å². The summed E-state index contributed by atoms with van der Waals surface area (Å²) in [5, 5.41) is 4.01. The van der Waals surface area contributed by atoms with E-state index in [1.165, 1.54) is 51.4 Å². The van der Waals surface area contributed by atoms with Gasteiger partial charge in [0.05, 0.1) is 0 Å². The van der Waals surface area contributed by atoms with Gasteiger partial charge in [0, 0.05) is 31.0 Å². The molecule has 2 atom stereocenters. The molecule has 1 heterocycles. The molecule has 2 saturated carbocycles. The Morgan fingerprint density at radius 3 is 2.23 bits per heavy atom. The molecule has 0 spiro atoms. The molecule has 4 nitrogen and oxygen atoms in total. The van der Waals surface area contributed by atoms with Crippen LogP contribution in [0, 0.1) is 5.92 Å². The van der Waals surface area contributed by atoms with Crippen LogP contribution in [-0.4, -0.2) is 34.8 Å². The molecule has 1 saturated heterocycles. The van der Waals surface area contributed by atoms with Crippen molar-refractivity contribution in [2.24, 2.45) is 5.92 Å². The SMILES string of the molecule is O=C1CCC(=O)N1C1CCC(N[C@H]2CCCC[C@@H]2C2=CCCCC2)CC1. The fourth-order valence-electron chi connectivity index (χ4n) is 5.78. The zero-order valence-electron chi connectivity index (χ0n) is 16.0. The number of hydrogen-bond acceptors (Lipinski definition) is 3. The van der Waals surface area contributed by atoms with Gasteiger partial charge in [-0.3, -0.25) is 14.5 Å². The van der Waals surface area contributed by atoms with Gasteiger partial charge in [0.2, 0.25) is 11.8 Å². The van der Waals surface area contributed by atoms with Crippen LogP contribution in [0.3, 0.4) is 0 Å². The molecular formula is C22H34N2O2. The van der Waals surface area contributed by atoms with E-state index in [1.807, 2.05) is 0 Å². The van der Waals surface area contributed by atoms with Crippen LogP contribution in [0.25, 0.3) is 0 Å². The van der Waals surface area contributed by atoms with E-state index < -0.39 is 0 Å². The Kier molecular flexibility index (Phi) is 5.78. The molecule has 144 valence electrons. The number of nitrogens with one attached hydrogen (secondary N) is 1. The first-order valence-electron chi connectivity index (χ1n) is 11.0. The Balaban J connectivity index is 1.32. The second-order valence-corrected chi connectivity index (χ2v) is 8.85. The Bertz CT molecular complexity index is 546. The normalized spacial score (nSPS) is 36.3. The summed E-state index contributed by atoms with van der Waals surface area (Å²) in [5.41, 5.74) is 1.73. The van der Waals surface area contributed by atoms with Crippen molar-refractivity contribution >= 4 is 11.8 Å². The molecule has 0 aromatic carbocycles. The van der Waals surface area contributed by atoms with Crippen molar-refractivity contribution in [2.75, 3.05) is 0 Å². The summed E-state index contributed by atoms with van der Waals surface area (Å²) < 4.78 is 0. The maximum Gasteiger partial charge on any atom is 0.229 e. The third-order valence-corrected chi connectivity index (χ3v) is 7.17. The lowest BCUT2D eigenvalue weighted by Crippen LogP contribution is -2.49. The Morgan fingerprint density at radius 1 is 0.808 bits per heavy atom. The first-order valence-corrected chi connectivity index (χ1v) is 11.0. The standard InChI is InChI=1S/C22H34N2O2/c25-21-14-15-22(26)24(21)18-12-10-17(11-13-18)23-20-9-5-4-8-19(20)16-6-2-1-3-7-16/h6,17-20,23H,1-5,7-15H2/t17?,18?,19-,20+/m1/s1. The second kappa shape index (κ2) is 8.24. The number of likely N-dealkylation sites (tertiary alicyclic amines) is 1. The van der Waals surface area contributed by atoms with Crippen LogP contribution in [0.5, 0.6) is 0 Å². The third kappa shape index (κ3) is 3.90. The summed E-state index contributed by atoms with van der Waals surface area (Å²) in [4.78, 5) is 25.6. The van der Waals surface area contributed by atoms with Crippen molar-refractivity contribution < 1.29 is 9.59 Å². The second-order valence-electron chi connectivity index (χ2n) is 8.85. The summed E-state index contributed by atoms with van der Waals surface area (Å²) in [6.45, 7) is 0. The first-order chi connectivity index (χ1) is 12.7. The topological polar surface area (TPSA) is 49.4 Å². The molecule has 4 heteroatoms. The summed E-state index contributed by atoms with van der Waals surface area (Å²) in [6, 6.07) is 1.37. The summed E-state index contributed by atoms with van der Waals surface area (Å²) >= 11 is 0. The van der Waals surface area contributed by atoms with Gasteiger partial charge in [-0.15, -0.1) is 0 Å². The summed E-state index contributed by atoms with van der Waals surface area (Å²) in [5.74, 6) is 0.870. The van der Waals surface area contributed by atoms with Crippen molar-refractivity contribution in [3.8, 4) is 0 Å². The molecule has 3 fully saturated rings. The molecule has 3 aliphatic carbocycles. The van der Waals surface area contributed by atoms with Crippen LogP contribution in [0.4, 0.5) is 0 Å². The van der Waals surface area contributed by atoms with Crippen molar-refractivity contribution in [2.45, 2.75) is 108 Å². The van der Waals surface area contributed by atoms with Gasteiger partial charge in [0.1, 0.15) is 0 Å². The summed E-state index contributed by atoms with van der Waals surface area (Å²) in [6.07, 6.45) is 18.3. The predicted octanol–water partition coefficient (Wildman–Crippen LogP) is 4.10. The van der Waals surface area contributed by atoms with Crippen LogP contribution in [0.1, 0.15) is 89.9 Å². The van der Waals surface area contributed by atoms with Gasteiger partial charge in [-0.1, -0.05) is 24.5 Å². The maximum absolute atomic E-state index is 12.0. The van der Waals surface area contributed by atoms with Gasteiger partial charge in [0.15, 0.2) is 0 Å². The molecule has 4 rings (SSSR count). The molecule has 0 aromatic rings. The number of imide groups is 1. The number of carbonyl (C=O) groups excluding carboxylic acids is 2. The molecule has 26 heavy (non-hydrogen) atoms. The van der Waals surface area contributed by atoms with Gasteiger partial charge in [0.25, 0.3) is 0 Å². The van der Waals surface area contributed by atoms with E-state index in [2.05, 4.69) is 11.4 Å². The molecular weight excluding hydrogens is 324 g/mol. The predicted molar refractivity (Wildman–Crippen MR) is 103 cm³/mol. The maximum atomic E-state index is 12.0. The van der Waals surface area contributed by atoms with E-state index in [0.717, 1.165) is 31.6 Å². The minimum absolute atomic E-state index is 0.0583. The van der Waals surface area contributed by atoms with E-state index in [-0.39, 0.29) is 17.9 Å². The van der Waals surface area contributed by atoms with Gasteiger partial charge < -0.3 is 5.32 Å². The van der Waals surface area contributed by atoms with Crippen molar-refractivity contribution in [3.63, 3.8) is 0 Å². The lowest BCUT2D eigenvalue weighted by molar-refractivity contribution is -0.141. The highest BCUT2D eigenvalue weighted by Crippen LogP contribution is 2.36. The van der Waals surface area contributed by atoms with Crippen LogP contribution in [0.2, 0.25) is 0 Å². The van der Waals surface area contributed by atoms with Crippen LogP contribution in [-0.2, 0) is 9.59 Å². The summed E-state index contributed by atoms with van der Waals surface area (Å²) in [7, 11) is 0. The average molecular weight is 359 g/mol. The molecule has 1 N–H and O–H groups in total. The zero-order valence-corrected chi connectivity index (χ0v) is 16.0. The van der Waals surface area contributed by atoms with Gasteiger partial charge >= 0.3 is 0 Å². The highest BCUT2D eigenvalue weighted by molar-refractivity contribution is 6.02. The minimum Gasteiger partial charge on any atom is -0.311 e. The number of allylic oxidation sites excluding steroid dienone is 1. The van der Waals surface area contributed by atoms with Crippen LogP contribution in [0.15, 0.2) is 11.6 Å². The number of amides is 2. The quantitative estimate of drug-likeness (QED) is 0.608. The van der Waals surface area contributed by atoms with Gasteiger partial charge in [-0.25, -0.2) is 0 Å². The Labute approximate surface area is 157 Å². The fourth-order valence-corrected chi connectivity index (χ4v) is 5.78. The number of nitrogens with zero attached hydrogens (tertiary/aromatic N) is 1. The average Bonchev–Trinajstić information content (AvgIpc) is 3.02. The molecule has 0 aromatic heterocycles. The first kappa shape index (κ1) is 18.2. The van der Waals surface area contributed by atoms with Crippen molar-refractivity contribution in [1.82, 2.24) is 10.2 Å².